The van der Waals surface area contributed by atoms with Crippen LogP contribution in [0.4, 0.5) is 4.39 Å². The Kier molecular flexibility index (Phi) is 8.68. The summed E-state index contributed by atoms with van der Waals surface area (Å²) < 4.78 is 26.2. The normalized spacial score (nSPS) is 30.4. The summed E-state index contributed by atoms with van der Waals surface area (Å²) in [5, 5.41) is 6.23. The molecule has 2 N–H and O–H groups in total. The van der Waals surface area contributed by atoms with Gasteiger partial charge in [0.05, 0.1) is 24.7 Å². The lowest BCUT2D eigenvalue weighted by atomic mass is 9.70. The van der Waals surface area contributed by atoms with Gasteiger partial charge in [-0.25, -0.2) is 4.39 Å². The van der Waals surface area contributed by atoms with Gasteiger partial charge in [0.25, 0.3) is 5.91 Å². The molecule has 0 radical (unpaired) electrons. The minimum Gasteiger partial charge on any atom is -0.496 e. The van der Waals surface area contributed by atoms with Crippen molar-refractivity contribution in [3.63, 3.8) is 0 Å². The minimum atomic E-state index is -0.602. The number of hydrogen-bond acceptors (Lipinski definition) is 5. The monoisotopic (exact) mass is 530 g/mol. The molecule has 2 amide bonds. The fourth-order valence-electron chi connectivity index (χ4n) is 6.21. The SMILES string of the molecule is COc1cc(F)c(OC2CCC(C)(C=O)CC2)cc1C(=O)N[C@H]1[C@@H](C)CCC[C@H]1C(=O)NCC1(C)CCC1. The van der Waals surface area contributed by atoms with Crippen molar-refractivity contribution in [3.05, 3.63) is 23.5 Å². The molecule has 0 aromatic heterocycles. The molecule has 3 aliphatic carbocycles. The van der Waals surface area contributed by atoms with Crippen molar-refractivity contribution in [1.82, 2.24) is 10.6 Å². The Morgan fingerprint density at radius 2 is 1.76 bits per heavy atom. The van der Waals surface area contributed by atoms with E-state index in [4.69, 9.17) is 9.47 Å². The highest BCUT2D eigenvalue weighted by atomic mass is 19.1. The first kappa shape index (κ1) is 28.4. The van der Waals surface area contributed by atoms with E-state index in [0.717, 1.165) is 32.0 Å². The molecule has 0 heterocycles. The number of methoxy groups -OCH3 is 1. The van der Waals surface area contributed by atoms with E-state index in [0.29, 0.717) is 38.6 Å². The Morgan fingerprint density at radius 1 is 1.05 bits per heavy atom. The highest BCUT2D eigenvalue weighted by Gasteiger charge is 2.39. The van der Waals surface area contributed by atoms with E-state index in [2.05, 4.69) is 24.5 Å². The van der Waals surface area contributed by atoms with Crippen LogP contribution in [0.1, 0.15) is 95.3 Å². The van der Waals surface area contributed by atoms with Gasteiger partial charge in [-0.15, -0.1) is 0 Å². The number of carbonyl (C=O) groups is 3. The molecule has 3 atom stereocenters. The van der Waals surface area contributed by atoms with Gasteiger partial charge >= 0.3 is 0 Å². The first-order chi connectivity index (χ1) is 18.1. The first-order valence-electron chi connectivity index (χ1n) is 14.2. The molecule has 7 nitrogen and oxygen atoms in total. The third-order valence-electron chi connectivity index (χ3n) is 9.26. The van der Waals surface area contributed by atoms with Crippen LogP contribution in [0.2, 0.25) is 0 Å². The second-order valence-electron chi connectivity index (χ2n) is 12.5. The summed E-state index contributed by atoms with van der Waals surface area (Å²) in [6.45, 7) is 6.86. The predicted molar refractivity (Wildman–Crippen MR) is 143 cm³/mol. The van der Waals surface area contributed by atoms with Crippen molar-refractivity contribution in [3.8, 4) is 11.5 Å². The summed E-state index contributed by atoms with van der Waals surface area (Å²) >= 11 is 0. The maximum atomic E-state index is 14.9. The van der Waals surface area contributed by atoms with E-state index in [1.807, 2.05) is 6.92 Å². The van der Waals surface area contributed by atoms with E-state index >= 15 is 0 Å². The number of carbonyl (C=O) groups excluding carboxylic acids is 3. The van der Waals surface area contributed by atoms with E-state index < -0.39 is 11.7 Å². The average molecular weight is 531 g/mol. The summed E-state index contributed by atoms with van der Waals surface area (Å²) in [6, 6.07) is 2.25. The average Bonchev–Trinajstić information content (AvgIpc) is 2.89. The molecule has 1 aromatic rings. The van der Waals surface area contributed by atoms with E-state index in [1.165, 1.54) is 25.7 Å². The van der Waals surface area contributed by atoms with Crippen LogP contribution < -0.4 is 20.1 Å². The highest BCUT2D eigenvalue weighted by molar-refractivity contribution is 5.98. The molecule has 8 heteroatoms. The second-order valence-corrected chi connectivity index (χ2v) is 12.5. The van der Waals surface area contributed by atoms with E-state index in [1.54, 1.807) is 0 Å². The fraction of sp³-hybridized carbons (Fsp3) is 0.700. The standard InChI is InChI=1S/C30H43FN2O5/c1-19-7-5-8-21(27(35)32-17-29(2)11-6-12-29)26(19)33-28(36)22-15-25(23(31)16-24(22)37-4)38-20-9-13-30(3,18-34)14-10-20/h15-16,18-21,26H,5-14,17H2,1-4H3,(H,32,35)(H,33,36)/t19-,20?,21+,26-,30?/m0/s1. The minimum absolute atomic E-state index is 0.00427. The number of halogens is 1. The summed E-state index contributed by atoms with van der Waals surface area (Å²) in [7, 11) is 1.40. The summed E-state index contributed by atoms with van der Waals surface area (Å²) in [6.07, 6.45) is 9.41. The molecule has 0 bridgehead atoms. The molecule has 3 fully saturated rings. The lowest BCUT2D eigenvalue weighted by molar-refractivity contribution is -0.128. The molecule has 1 aromatic carbocycles. The Labute approximate surface area is 225 Å². The molecule has 0 saturated heterocycles. The van der Waals surface area contributed by atoms with Gasteiger partial charge in [0, 0.05) is 24.1 Å². The van der Waals surface area contributed by atoms with Crippen molar-refractivity contribution in [2.45, 2.75) is 97.1 Å². The lowest BCUT2D eigenvalue weighted by Gasteiger charge is -2.40. The van der Waals surface area contributed by atoms with Gasteiger partial charge in [-0.3, -0.25) is 9.59 Å². The number of benzene rings is 1. The van der Waals surface area contributed by atoms with Gasteiger partial charge in [0.1, 0.15) is 12.0 Å². The Bertz CT molecular complexity index is 1030. The molecule has 210 valence electrons. The van der Waals surface area contributed by atoms with E-state index in [9.17, 15) is 18.8 Å². The van der Waals surface area contributed by atoms with E-state index in [-0.39, 0.29) is 57.8 Å². The molecular formula is C30H43FN2O5. The highest BCUT2D eigenvalue weighted by Crippen LogP contribution is 2.40. The van der Waals surface area contributed by atoms with Crippen LogP contribution in [0.5, 0.6) is 11.5 Å². The molecule has 3 saturated carbocycles. The van der Waals surface area contributed by atoms with Crippen LogP contribution >= 0.6 is 0 Å². The van der Waals surface area contributed by atoms with Crippen molar-refractivity contribution >= 4 is 18.1 Å². The number of hydrogen-bond donors (Lipinski definition) is 2. The van der Waals surface area contributed by atoms with Crippen LogP contribution in [-0.2, 0) is 9.59 Å². The Balaban J connectivity index is 1.47. The lowest BCUT2D eigenvalue weighted by Crippen LogP contribution is -2.53. The molecule has 4 rings (SSSR count). The molecule has 38 heavy (non-hydrogen) atoms. The van der Waals surface area contributed by atoms with Gasteiger partial charge < -0.3 is 24.9 Å². The molecule has 0 unspecified atom stereocenters. The summed E-state index contributed by atoms with van der Waals surface area (Å²) in [5.74, 6) is -1.10. The maximum Gasteiger partial charge on any atom is 0.255 e. The molecule has 0 aliphatic heterocycles. The third kappa shape index (κ3) is 6.32. The van der Waals surface area contributed by atoms with Crippen molar-refractivity contribution in [1.29, 1.82) is 0 Å². The van der Waals surface area contributed by atoms with Gasteiger partial charge in [-0.2, -0.15) is 0 Å². The summed E-state index contributed by atoms with van der Waals surface area (Å²) in [5.41, 5.74) is -0.00811. The number of aldehydes is 1. The number of nitrogens with one attached hydrogen (secondary N) is 2. The van der Waals surface area contributed by atoms with Gasteiger partial charge in [-0.1, -0.05) is 33.6 Å². The zero-order valence-corrected chi connectivity index (χ0v) is 23.2. The van der Waals surface area contributed by atoms with Crippen LogP contribution in [0.3, 0.4) is 0 Å². The van der Waals surface area contributed by atoms with Crippen molar-refractivity contribution in [2.75, 3.05) is 13.7 Å². The molecular weight excluding hydrogens is 487 g/mol. The molecule has 0 spiro atoms. The largest absolute Gasteiger partial charge is 0.496 e. The predicted octanol–water partition coefficient (Wildman–Crippen LogP) is 5.20. The Hall–Kier alpha value is -2.64. The summed E-state index contributed by atoms with van der Waals surface area (Å²) in [4.78, 5) is 38.1. The second kappa shape index (κ2) is 11.6. The zero-order valence-electron chi connectivity index (χ0n) is 23.2. The topological polar surface area (TPSA) is 93.7 Å². The van der Waals surface area contributed by atoms with Gasteiger partial charge in [0.2, 0.25) is 5.91 Å². The van der Waals surface area contributed by atoms with Crippen LogP contribution in [0.15, 0.2) is 12.1 Å². The van der Waals surface area contributed by atoms with Crippen LogP contribution in [-0.4, -0.2) is 43.9 Å². The van der Waals surface area contributed by atoms with Gasteiger partial charge in [-0.05, 0) is 68.8 Å². The van der Waals surface area contributed by atoms with Gasteiger partial charge in [0.15, 0.2) is 11.6 Å². The first-order valence-corrected chi connectivity index (χ1v) is 14.2. The fourth-order valence-corrected chi connectivity index (χ4v) is 6.21. The third-order valence-corrected chi connectivity index (χ3v) is 9.26. The maximum absolute atomic E-state index is 14.9. The number of ether oxygens (including phenoxy) is 2. The zero-order chi connectivity index (χ0) is 27.5. The smallest absolute Gasteiger partial charge is 0.255 e. The Morgan fingerprint density at radius 3 is 2.37 bits per heavy atom. The van der Waals surface area contributed by atoms with Crippen molar-refractivity contribution in [2.24, 2.45) is 22.7 Å². The van der Waals surface area contributed by atoms with Crippen molar-refractivity contribution < 1.29 is 28.2 Å². The number of rotatable bonds is 9. The quantitative estimate of drug-likeness (QED) is 0.428. The number of amides is 2. The van der Waals surface area contributed by atoms with Crippen LogP contribution in [0.25, 0.3) is 0 Å². The molecule has 3 aliphatic rings. The van der Waals surface area contributed by atoms with Crippen LogP contribution in [0, 0.1) is 28.5 Å².